The molecule has 0 unspecified atom stereocenters. The Morgan fingerprint density at radius 3 is 2.62 bits per heavy atom. The molecule has 8 heteroatoms. The number of hydrogen-bond acceptors (Lipinski definition) is 4. The van der Waals surface area contributed by atoms with E-state index in [9.17, 15) is 13.2 Å². The van der Waals surface area contributed by atoms with Gasteiger partial charge in [-0.3, -0.25) is 4.79 Å². The molecule has 21 heavy (non-hydrogen) atoms. The van der Waals surface area contributed by atoms with Crippen molar-refractivity contribution in [3.05, 3.63) is 48.3 Å². The van der Waals surface area contributed by atoms with E-state index in [2.05, 4.69) is 15.1 Å². The van der Waals surface area contributed by atoms with Crippen molar-refractivity contribution in [2.45, 2.75) is 0 Å². The minimum Gasteiger partial charge on any atom is -0.351 e. The number of nitrogens with one attached hydrogen (secondary N) is 2. The number of carbonyl (C=O) groups is 1. The Morgan fingerprint density at radius 1 is 1.24 bits per heavy atom. The molecule has 0 aliphatic heterocycles. The van der Waals surface area contributed by atoms with Gasteiger partial charge in [-0.05, 0) is 12.1 Å². The second-order valence-corrected chi connectivity index (χ2v) is 6.26. The summed E-state index contributed by atoms with van der Waals surface area (Å²) in [6, 6.07) is 9.42. The summed E-state index contributed by atoms with van der Waals surface area (Å²) < 4.78 is 25.6. The number of sulfonamides is 1. The number of rotatable bonds is 6. The summed E-state index contributed by atoms with van der Waals surface area (Å²) in [4.78, 5) is 11.9. The number of amides is 1. The van der Waals surface area contributed by atoms with Crippen molar-refractivity contribution in [1.82, 2.24) is 19.8 Å². The van der Waals surface area contributed by atoms with Gasteiger partial charge in [0.1, 0.15) is 0 Å². The van der Waals surface area contributed by atoms with Crippen LogP contribution in [0.5, 0.6) is 0 Å². The third kappa shape index (κ3) is 4.69. The maximum absolute atomic E-state index is 11.9. The lowest BCUT2D eigenvalue weighted by Gasteiger charge is -2.04. The molecule has 2 N–H and O–H groups in total. The van der Waals surface area contributed by atoms with Gasteiger partial charge in [0, 0.05) is 19.3 Å². The highest BCUT2D eigenvalue weighted by Crippen LogP contribution is 2.07. The van der Waals surface area contributed by atoms with Gasteiger partial charge in [-0.2, -0.15) is 5.10 Å². The van der Waals surface area contributed by atoms with Crippen molar-refractivity contribution in [3.63, 3.8) is 0 Å². The maximum Gasteiger partial charge on any atom is 0.254 e. The fourth-order valence-corrected chi connectivity index (χ4v) is 2.15. The van der Waals surface area contributed by atoms with Crippen molar-refractivity contribution in [2.75, 3.05) is 19.3 Å². The third-order valence-corrected chi connectivity index (χ3v) is 3.37. The Morgan fingerprint density at radius 2 is 1.95 bits per heavy atom. The molecule has 1 aromatic carbocycles. The van der Waals surface area contributed by atoms with Crippen LogP contribution in [0.2, 0.25) is 0 Å². The summed E-state index contributed by atoms with van der Waals surface area (Å²) in [7, 11) is -3.24. The monoisotopic (exact) mass is 308 g/mol. The zero-order valence-electron chi connectivity index (χ0n) is 11.5. The van der Waals surface area contributed by atoms with Gasteiger partial charge < -0.3 is 5.32 Å². The minimum absolute atomic E-state index is 0.150. The first-order valence-corrected chi connectivity index (χ1v) is 8.18. The molecular formula is C13H16N4O3S. The van der Waals surface area contributed by atoms with Crippen molar-refractivity contribution < 1.29 is 13.2 Å². The zero-order chi connectivity index (χ0) is 15.3. The molecule has 0 aliphatic rings. The highest BCUT2D eigenvalue weighted by Gasteiger charge is 2.09. The number of aromatic nitrogens is 2. The predicted molar refractivity (Wildman–Crippen MR) is 78.7 cm³/mol. The lowest BCUT2D eigenvalue weighted by Crippen LogP contribution is -2.34. The van der Waals surface area contributed by atoms with Gasteiger partial charge >= 0.3 is 0 Å². The fourth-order valence-electron chi connectivity index (χ4n) is 1.68. The molecule has 0 saturated carbocycles. The van der Waals surface area contributed by atoms with E-state index in [4.69, 9.17) is 0 Å². The van der Waals surface area contributed by atoms with E-state index in [0.29, 0.717) is 5.56 Å². The van der Waals surface area contributed by atoms with E-state index in [-0.39, 0.29) is 19.0 Å². The first-order valence-electron chi connectivity index (χ1n) is 6.28. The Kier molecular flexibility index (Phi) is 4.71. The maximum atomic E-state index is 11.9. The van der Waals surface area contributed by atoms with Gasteiger partial charge in [0.15, 0.2) is 0 Å². The molecule has 0 spiro atoms. The molecule has 0 bridgehead atoms. The van der Waals surface area contributed by atoms with Crippen molar-refractivity contribution in [1.29, 1.82) is 0 Å². The highest BCUT2D eigenvalue weighted by atomic mass is 32.2. The Balaban J connectivity index is 1.91. The third-order valence-electron chi connectivity index (χ3n) is 2.64. The largest absolute Gasteiger partial charge is 0.351 e. The van der Waals surface area contributed by atoms with Crippen LogP contribution in [0.1, 0.15) is 10.4 Å². The molecule has 0 aliphatic carbocycles. The summed E-state index contributed by atoms with van der Waals surface area (Å²) in [5.41, 5.74) is 1.27. The number of para-hydroxylation sites is 1. The zero-order valence-corrected chi connectivity index (χ0v) is 12.3. The van der Waals surface area contributed by atoms with E-state index < -0.39 is 10.0 Å². The molecule has 0 radical (unpaired) electrons. The summed E-state index contributed by atoms with van der Waals surface area (Å²) in [5.74, 6) is -0.299. The van der Waals surface area contributed by atoms with Crippen LogP contribution in [0.3, 0.4) is 0 Å². The van der Waals surface area contributed by atoms with Crippen LogP contribution in [0, 0.1) is 0 Å². The molecule has 2 aromatic rings. The topological polar surface area (TPSA) is 93.1 Å². The molecule has 1 amide bonds. The van der Waals surface area contributed by atoms with Crippen molar-refractivity contribution in [3.8, 4) is 5.69 Å². The van der Waals surface area contributed by atoms with Crippen LogP contribution in [0.15, 0.2) is 42.7 Å². The molecule has 1 heterocycles. The fraction of sp³-hybridized carbons (Fsp3) is 0.231. The number of nitrogens with zero attached hydrogens (tertiary/aromatic N) is 2. The molecule has 0 saturated heterocycles. The molecule has 112 valence electrons. The molecule has 2 rings (SSSR count). The summed E-state index contributed by atoms with van der Waals surface area (Å²) in [6.07, 6.45) is 4.15. The van der Waals surface area contributed by atoms with E-state index in [1.54, 1.807) is 10.9 Å². The summed E-state index contributed by atoms with van der Waals surface area (Å²) in [6.45, 7) is 0.361. The first-order chi connectivity index (χ1) is 9.96. The van der Waals surface area contributed by atoms with E-state index in [1.807, 2.05) is 30.3 Å². The van der Waals surface area contributed by atoms with Gasteiger partial charge in [0.2, 0.25) is 10.0 Å². The SMILES string of the molecule is CS(=O)(=O)NCCNC(=O)c1cnn(-c2ccccc2)c1. The molecule has 0 atom stereocenters. The minimum atomic E-state index is -3.24. The van der Waals surface area contributed by atoms with E-state index >= 15 is 0 Å². The van der Waals surface area contributed by atoms with Crippen LogP contribution in [-0.2, 0) is 10.0 Å². The van der Waals surface area contributed by atoms with E-state index in [0.717, 1.165) is 11.9 Å². The van der Waals surface area contributed by atoms with Gasteiger partial charge in [-0.25, -0.2) is 17.8 Å². The predicted octanol–water partition coefficient (Wildman–Crippen LogP) is 0.151. The quantitative estimate of drug-likeness (QED) is 0.743. The van der Waals surface area contributed by atoms with Crippen LogP contribution in [-0.4, -0.2) is 43.5 Å². The number of benzene rings is 1. The Hall–Kier alpha value is -2.19. The lowest BCUT2D eigenvalue weighted by atomic mass is 10.3. The van der Waals surface area contributed by atoms with Crippen LogP contribution >= 0.6 is 0 Å². The lowest BCUT2D eigenvalue weighted by molar-refractivity contribution is 0.0954. The Labute approximate surface area is 123 Å². The van der Waals surface area contributed by atoms with Crippen LogP contribution in [0.25, 0.3) is 5.69 Å². The smallest absolute Gasteiger partial charge is 0.254 e. The van der Waals surface area contributed by atoms with E-state index in [1.165, 1.54) is 6.20 Å². The van der Waals surface area contributed by atoms with Gasteiger partial charge in [0.25, 0.3) is 5.91 Å². The Bertz CT molecular complexity index is 710. The average molecular weight is 308 g/mol. The average Bonchev–Trinajstić information content (AvgIpc) is 2.93. The molecule has 7 nitrogen and oxygen atoms in total. The standard InChI is InChI=1S/C13H16N4O3S/c1-21(19,20)16-8-7-14-13(18)11-9-15-17(10-11)12-5-3-2-4-6-12/h2-6,9-10,16H,7-8H2,1H3,(H,14,18). The second-order valence-electron chi connectivity index (χ2n) is 4.43. The van der Waals surface area contributed by atoms with Crippen LogP contribution < -0.4 is 10.0 Å². The first kappa shape index (κ1) is 15.2. The highest BCUT2D eigenvalue weighted by molar-refractivity contribution is 7.88. The number of hydrogen-bond donors (Lipinski definition) is 2. The van der Waals surface area contributed by atoms with Gasteiger partial charge in [-0.15, -0.1) is 0 Å². The van der Waals surface area contributed by atoms with Gasteiger partial charge in [-0.1, -0.05) is 18.2 Å². The summed E-state index contributed by atoms with van der Waals surface area (Å²) >= 11 is 0. The normalized spacial score (nSPS) is 11.3. The molecular weight excluding hydrogens is 292 g/mol. The van der Waals surface area contributed by atoms with Gasteiger partial charge in [0.05, 0.1) is 23.7 Å². The number of carbonyl (C=O) groups excluding carboxylic acids is 1. The molecule has 0 fully saturated rings. The van der Waals surface area contributed by atoms with Crippen molar-refractivity contribution in [2.24, 2.45) is 0 Å². The van der Waals surface area contributed by atoms with Crippen molar-refractivity contribution >= 4 is 15.9 Å². The molecule has 1 aromatic heterocycles. The second kappa shape index (κ2) is 6.51. The summed E-state index contributed by atoms with van der Waals surface area (Å²) in [5, 5.41) is 6.74. The van der Waals surface area contributed by atoms with Crippen LogP contribution in [0.4, 0.5) is 0 Å².